The molecule has 0 amide bonds. The average Bonchev–Trinajstić information content (AvgIpc) is 2.84. The van der Waals surface area contributed by atoms with Crippen molar-refractivity contribution in [2.75, 3.05) is 0 Å². The number of para-hydroxylation sites is 4. The summed E-state index contributed by atoms with van der Waals surface area (Å²) in [4.78, 5) is 0. The molecule has 5 rings (SSSR count). The Hall–Kier alpha value is -3.72. The molecule has 1 aliphatic heterocycles. The van der Waals surface area contributed by atoms with Gasteiger partial charge >= 0.3 is 0 Å². The predicted octanol–water partition coefficient (Wildman–Crippen LogP) is 9.03. The van der Waals surface area contributed by atoms with E-state index in [0.29, 0.717) is 0 Å². The number of fused-ring (bicyclic) bond motifs is 2. The maximum absolute atomic E-state index is 6.89. The molecule has 1 aliphatic rings. The van der Waals surface area contributed by atoms with E-state index in [4.69, 9.17) is 14.2 Å². The van der Waals surface area contributed by atoms with Crippen molar-refractivity contribution in [2.24, 2.45) is 0 Å². The predicted molar refractivity (Wildman–Crippen MR) is 147 cm³/mol. The van der Waals surface area contributed by atoms with Crippen LogP contribution >= 0.6 is 0 Å². The van der Waals surface area contributed by atoms with Crippen molar-refractivity contribution < 1.29 is 14.2 Å². The van der Waals surface area contributed by atoms with Gasteiger partial charge < -0.3 is 14.2 Å². The first kappa shape index (κ1) is 24.0. The molecule has 4 aromatic carbocycles. The SMILES string of the molecule is CC(C)Oc1ccccc1-c1cccc2c1Oc1c(-c3ccccc3OC(C)C)cccc1C2(C)C. The summed E-state index contributed by atoms with van der Waals surface area (Å²) in [5.41, 5.74) is 6.20. The van der Waals surface area contributed by atoms with Crippen LogP contribution in [0.2, 0.25) is 0 Å². The third-order valence-electron chi connectivity index (χ3n) is 6.66. The van der Waals surface area contributed by atoms with Crippen LogP contribution in [0.25, 0.3) is 22.3 Å². The fourth-order valence-electron chi connectivity index (χ4n) is 5.04. The summed E-state index contributed by atoms with van der Waals surface area (Å²) in [6.07, 6.45) is 0.153. The van der Waals surface area contributed by atoms with Gasteiger partial charge in [0, 0.05) is 38.8 Å². The van der Waals surface area contributed by atoms with Crippen molar-refractivity contribution in [2.45, 2.75) is 59.2 Å². The third kappa shape index (κ3) is 4.24. The molecule has 0 fully saturated rings. The molecular formula is C33H34O3. The van der Waals surface area contributed by atoms with Crippen LogP contribution in [0.3, 0.4) is 0 Å². The molecule has 3 heteroatoms. The number of hydrogen-bond acceptors (Lipinski definition) is 3. The van der Waals surface area contributed by atoms with Crippen LogP contribution in [-0.2, 0) is 5.41 Å². The van der Waals surface area contributed by atoms with E-state index in [-0.39, 0.29) is 17.6 Å². The lowest BCUT2D eigenvalue weighted by atomic mass is 9.74. The Morgan fingerprint density at radius 1 is 0.528 bits per heavy atom. The van der Waals surface area contributed by atoms with E-state index in [1.807, 2.05) is 24.3 Å². The van der Waals surface area contributed by atoms with E-state index in [2.05, 4.69) is 102 Å². The van der Waals surface area contributed by atoms with Crippen molar-refractivity contribution in [3.8, 4) is 45.3 Å². The van der Waals surface area contributed by atoms with Crippen molar-refractivity contribution in [3.63, 3.8) is 0 Å². The minimum absolute atomic E-state index is 0.0767. The Balaban J connectivity index is 1.71. The minimum atomic E-state index is -0.253. The maximum Gasteiger partial charge on any atom is 0.139 e. The van der Waals surface area contributed by atoms with E-state index >= 15 is 0 Å². The van der Waals surface area contributed by atoms with Crippen LogP contribution in [0, 0.1) is 0 Å². The number of hydrogen-bond donors (Lipinski definition) is 0. The van der Waals surface area contributed by atoms with Gasteiger partial charge in [-0.25, -0.2) is 0 Å². The van der Waals surface area contributed by atoms with Crippen LogP contribution in [-0.4, -0.2) is 12.2 Å². The molecule has 1 heterocycles. The molecule has 0 saturated carbocycles. The number of ether oxygens (including phenoxy) is 3. The Morgan fingerprint density at radius 3 is 1.33 bits per heavy atom. The Kier molecular flexibility index (Phi) is 6.26. The quantitative estimate of drug-likeness (QED) is 0.277. The lowest BCUT2D eigenvalue weighted by molar-refractivity contribution is 0.243. The second-order valence-corrected chi connectivity index (χ2v) is 10.4. The monoisotopic (exact) mass is 478 g/mol. The van der Waals surface area contributed by atoms with Crippen LogP contribution < -0.4 is 14.2 Å². The van der Waals surface area contributed by atoms with Crippen LogP contribution in [0.4, 0.5) is 0 Å². The zero-order valence-electron chi connectivity index (χ0n) is 22.0. The molecule has 0 saturated heterocycles. The standard InChI is InChI=1S/C33H34O3/c1-21(2)34-29-19-9-7-13-23(29)25-15-11-17-27-31(25)36-32-26(16-12-18-28(32)33(27,5)6)24-14-8-10-20-30(24)35-22(3)4/h7-22H,1-6H3. The first-order valence-corrected chi connectivity index (χ1v) is 12.7. The molecule has 4 aromatic rings. The van der Waals surface area contributed by atoms with Crippen LogP contribution in [0.1, 0.15) is 52.7 Å². The largest absolute Gasteiger partial charge is 0.490 e. The Morgan fingerprint density at radius 2 is 0.917 bits per heavy atom. The number of benzene rings is 4. The van der Waals surface area contributed by atoms with Gasteiger partial charge in [-0.2, -0.15) is 0 Å². The van der Waals surface area contributed by atoms with Gasteiger partial charge in [-0.05, 0) is 39.8 Å². The second-order valence-electron chi connectivity index (χ2n) is 10.4. The lowest BCUT2D eigenvalue weighted by Crippen LogP contribution is -2.25. The highest BCUT2D eigenvalue weighted by Crippen LogP contribution is 2.55. The maximum atomic E-state index is 6.89. The second kappa shape index (κ2) is 9.39. The van der Waals surface area contributed by atoms with Gasteiger partial charge in [-0.3, -0.25) is 0 Å². The molecule has 0 aromatic heterocycles. The summed E-state index contributed by atoms with van der Waals surface area (Å²) in [5.74, 6) is 3.48. The Labute approximate surface area is 214 Å². The highest BCUT2D eigenvalue weighted by Gasteiger charge is 2.37. The molecule has 0 spiro atoms. The van der Waals surface area contributed by atoms with Gasteiger partial charge in [0.2, 0.25) is 0 Å². The summed E-state index contributed by atoms with van der Waals surface area (Å²) < 4.78 is 19.3. The van der Waals surface area contributed by atoms with Crippen molar-refractivity contribution in [3.05, 3.63) is 96.1 Å². The fourth-order valence-corrected chi connectivity index (χ4v) is 5.04. The van der Waals surface area contributed by atoms with Crippen molar-refractivity contribution in [1.82, 2.24) is 0 Å². The van der Waals surface area contributed by atoms with Gasteiger partial charge in [-0.15, -0.1) is 0 Å². The summed E-state index contributed by atoms with van der Waals surface area (Å²) in [6, 6.07) is 29.2. The van der Waals surface area contributed by atoms with E-state index in [1.165, 1.54) is 0 Å². The summed E-state index contributed by atoms with van der Waals surface area (Å²) in [7, 11) is 0. The van der Waals surface area contributed by atoms with E-state index in [0.717, 1.165) is 56.4 Å². The third-order valence-corrected chi connectivity index (χ3v) is 6.66. The van der Waals surface area contributed by atoms with Gasteiger partial charge in [0.1, 0.15) is 23.0 Å². The van der Waals surface area contributed by atoms with E-state index < -0.39 is 0 Å². The molecule has 0 bridgehead atoms. The first-order chi connectivity index (χ1) is 17.3. The zero-order chi connectivity index (χ0) is 25.4. The van der Waals surface area contributed by atoms with Gasteiger partial charge in [0.05, 0.1) is 12.2 Å². The topological polar surface area (TPSA) is 27.7 Å². The zero-order valence-corrected chi connectivity index (χ0v) is 22.0. The van der Waals surface area contributed by atoms with Crippen molar-refractivity contribution >= 4 is 0 Å². The molecule has 0 atom stereocenters. The highest BCUT2D eigenvalue weighted by atomic mass is 16.5. The van der Waals surface area contributed by atoms with Crippen LogP contribution in [0.5, 0.6) is 23.0 Å². The first-order valence-electron chi connectivity index (χ1n) is 12.7. The van der Waals surface area contributed by atoms with Crippen molar-refractivity contribution in [1.29, 1.82) is 0 Å². The van der Waals surface area contributed by atoms with Gasteiger partial charge in [0.25, 0.3) is 0 Å². The highest BCUT2D eigenvalue weighted by molar-refractivity contribution is 5.84. The number of rotatable bonds is 6. The lowest BCUT2D eigenvalue weighted by Gasteiger charge is -2.36. The molecule has 0 radical (unpaired) electrons. The van der Waals surface area contributed by atoms with Gasteiger partial charge in [-0.1, -0.05) is 86.6 Å². The van der Waals surface area contributed by atoms with E-state index in [1.54, 1.807) is 0 Å². The molecule has 0 N–H and O–H groups in total. The molecule has 184 valence electrons. The summed E-state index contributed by atoms with van der Waals surface area (Å²) in [5, 5.41) is 0. The minimum Gasteiger partial charge on any atom is -0.490 e. The molecule has 0 unspecified atom stereocenters. The molecule has 36 heavy (non-hydrogen) atoms. The molecule has 0 aliphatic carbocycles. The molecular weight excluding hydrogens is 444 g/mol. The van der Waals surface area contributed by atoms with Gasteiger partial charge in [0.15, 0.2) is 0 Å². The fraction of sp³-hybridized carbons (Fsp3) is 0.273. The summed E-state index contributed by atoms with van der Waals surface area (Å²) in [6.45, 7) is 12.7. The summed E-state index contributed by atoms with van der Waals surface area (Å²) >= 11 is 0. The van der Waals surface area contributed by atoms with Crippen LogP contribution in [0.15, 0.2) is 84.9 Å². The van der Waals surface area contributed by atoms with E-state index in [9.17, 15) is 0 Å². The smallest absolute Gasteiger partial charge is 0.139 e. The Bertz CT molecular complexity index is 1290. The average molecular weight is 479 g/mol. The normalized spacial score (nSPS) is 13.7. The molecule has 3 nitrogen and oxygen atoms in total.